The summed E-state index contributed by atoms with van der Waals surface area (Å²) in [6, 6.07) is 4.59. The molecule has 0 spiro atoms. The lowest BCUT2D eigenvalue weighted by molar-refractivity contribution is 0.352. The second kappa shape index (κ2) is 8.79. The lowest BCUT2D eigenvalue weighted by Crippen LogP contribution is -2.22. The van der Waals surface area contributed by atoms with Crippen LogP contribution in [0.5, 0.6) is 5.75 Å². The summed E-state index contributed by atoms with van der Waals surface area (Å²) in [5, 5.41) is 0. The Balaban J connectivity index is 1.77. The molecule has 1 unspecified atom stereocenters. The van der Waals surface area contributed by atoms with Crippen LogP contribution in [0.1, 0.15) is 63.0 Å². The SMILES string of the molecule is CCCCCCCCC(N)Cc1cc(Br)cc2c1OCC2. The van der Waals surface area contributed by atoms with E-state index in [0.717, 1.165) is 36.1 Å². The Morgan fingerprint density at radius 2 is 1.95 bits per heavy atom. The summed E-state index contributed by atoms with van der Waals surface area (Å²) in [7, 11) is 0. The van der Waals surface area contributed by atoms with Gasteiger partial charge in [-0.2, -0.15) is 0 Å². The van der Waals surface area contributed by atoms with Gasteiger partial charge in [0.1, 0.15) is 5.75 Å². The monoisotopic (exact) mass is 353 g/mol. The second-order valence-electron chi connectivity index (χ2n) is 6.17. The molecule has 1 aromatic rings. The van der Waals surface area contributed by atoms with Gasteiger partial charge in [-0.05, 0) is 36.1 Å². The normalized spacial score (nSPS) is 14.8. The Hall–Kier alpha value is -0.540. The number of rotatable bonds is 9. The average Bonchev–Trinajstić information content (AvgIpc) is 2.91. The first kappa shape index (κ1) is 16.8. The Morgan fingerprint density at radius 1 is 1.19 bits per heavy atom. The quantitative estimate of drug-likeness (QED) is 0.633. The van der Waals surface area contributed by atoms with Gasteiger partial charge in [-0.3, -0.25) is 0 Å². The molecule has 0 radical (unpaired) electrons. The van der Waals surface area contributed by atoms with E-state index in [-0.39, 0.29) is 6.04 Å². The third-order valence-corrected chi connectivity index (χ3v) is 4.69. The number of halogens is 1. The van der Waals surface area contributed by atoms with Gasteiger partial charge in [0.15, 0.2) is 0 Å². The van der Waals surface area contributed by atoms with E-state index < -0.39 is 0 Å². The highest BCUT2D eigenvalue weighted by atomic mass is 79.9. The summed E-state index contributed by atoms with van der Waals surface area (Å²) < 4.78 is 6.93. The first-order valence-electron chi connectivity index (χ1n) is 8.40. The van der Waals surface area contributed by atoms with Crippen LogP contribution in [0.25, 0.3) is 0 Å². The van der Waals surface area contributed by atoms with E-state index in [2.05, 4.69) is 35.0 Å². The lowest BCUT2D eigenvalue weighted by Gasteiger charge is -2.14. The summed E-state index contributed by atoms with van der Waals surface area (Å²) in [6.45, 7) is 3.07. The van der Waals surface area contributed by atoms with Crippen molar-refractivity contribution in [2.75, 3.05) is 6.61 Å². The highest BCUT2D eigenvalue weighted by Crippen LogP contribution is 2.33. The number of nitrogens with two attached hydrogens (primary N) is 1. The van der Waals surface area contributed by atoms with Crippen LogP contribution in [0.4, 0.5) is 0 Å². The molecule has 3 heteroatoms. The van der Waals surface area contributed by atoms with Gasteiger partial charge in [0, 0.05) is 16.9 Å². The van der Waals surface area contributed by atoms with Gasteiger partial charge < -0.3 is 10.5 Å². The standard InChI is InChI=1S/C18H28BrNO/c1-2-3-4-5-6-7-8-17(20)13-15-12-16(19)11-14-9-10-21-18(14)15/h11-12,17H,2-10,13,20H2,1H3. The zero-order chi connectivity index (χ0) is 15.1. The van der Waals surface area contributed by atoms with Crippen LogP contribution in [0.15, 0.2) is 16.6 Å². The molecule has 1 atom stereocenters. The molecular weight excluding hydrogens is 326 g/mol. The van der Waals surface area contributed by atoms with E-state index in [1.807, 2.05) is 0 Å². The van der Waals surface area contributed by atoms with E-state index in [1.165, 1.54) is 49.7 Å². The maximum absolute atomic E-state index is 6.32. The minimum atomic E-state index is 0.249. The molecule has 0 aromatic heterocycles. The van der Waals surface area contributed by atoms with Gasteiger partial charge in [-0.1, -0.05) is 61.4 Å². The maximum Gasteiger partial charge on any atom is 0.125 e. The van der Waals surface area contributed by atoms with E-state index in [0.29, 0.717) is 0 Å². The topological polar surface area (TPSA) is 35.2 Å². The van der Waals surface area contributed by atoms with E-state index in [1.54, 1.807) is 0 Å². The highest BCUT2D eigenvalue weighted by molar-refractivity contribution is 9.10. The Kier molecular flexibility index (Phi) is 7.05. The van der Waals surface area contributed by atoms with Crippen LogP contribution in [-0.2, 0) is 12.8 Å². The van der Waals surface area contributed by atoms with Crippen molar-refractivity contribution < 1.29 is 4.74 Å². The van der Waals surface area contributed by atoms with E-state index in [9.17, 15) is 0 Å². The Labute approximate surface area is 137 Å². The zero-order valence-corrected chi connectivity index (χ0v) is 14.8. The number of hydrogen-bond donors (Lipinski definition) is 1. The largest absolute Gasteiger partial charge is 0.493 e. The molecule has 0 aliphatic carbocycles. The predicted molar refractivity (Wildman–Crippen MR) is 93.0 cm³/mol. The van der Waals surface area contributed by atoms with Crippen molar-refractivity contribution in [3.05, 3.63) is 27.7 Å². The molecule has 0 bridgehead atoms. The fourth-order valence-electron chi connectivity index (χ4n) is 3.07. The van der Waals surface area contributed by atoms with Gasteiger partial charge in [-0.15, -0.1) is 0 Å². The summed E-state index contributed by atoms with van der Waals surface area (Å²) in [5.74, 6) is 1.09. The molecule has 1 aromatic carbocycles. The van der Waals surface area contributed by atoms with Crippen molar-refractivity contribution in [2.45, 2.75) is 70.8 Å². The molecule has 2 rings (SSSR count). The molecule has 21 heavy (non-hydrogen) atoms. The molecule has 0 saturated carbocycles. The molecule has 0 amide bonds. The third-order valence-electron chi connectivity index (χ3n) is 4.24. The molecule has 0 saturated heterocycles. The van der Waals surface area contributed by atoms with E-state index in [4.69, 9.17) is 10.5 Å². The number of fused-ring (bicyclic) bond motifs is 1. The second-order valence-corrected chi connectivity index (χ2v) is 7.09. The van der Waals surface area contributed by atoms with Crippen molar-refractivity contribution in [1.82, 2.24) is 0 Å². The van der Waals surface area contributed by atoms with E-state index >= 15 is 0 Å². The molecule has 2 N–H and O–H groups in total. The Morgan fingerprint density at radius 3 is 2.76 bits per heavy atom. The number of hydrogen-bond acceptors (Lipinski definition) is 2. The lowest BCUT2D eigenvalue weighted by atomic mass is 9.98. The molecule has 118 valence electrons. The van der Waals surface area contributed by atoms with Crippen LogP contribution in [0, 0.1) is 0 Å². The molecule has 1 aliphatic heterocycles. The summed E-state index contributed by atoms with van der Waals surface area (Å²) in [5.41, 5.74) is 8.92. The van der Waals surface area contributed by atoms with Gasteiger partial charge in [0.05, 0.1) is 6.61 Å². The van der Waals surface area contributed by atoms with Crippen molar-refractivity contribution in [1.29, 1.82) is 0 Å². The van der Waals surface area contributed by atoms with Crippen LogP contribution in [0.2, 0.25) is 0 Å². The minimum absolute atomic E-state index is 0.249. The zero-order valence-electron chi connectivity index (χ0n) is 13.2. The summed E-state index contributed by atoms with van der Waals surface area (Å²) in [4.78, 5) is 0. The first-order chi connectivity index (χ1) is 10.2. The van der Waals surface area contributed by atoms with Crippen LogP contribution < -0.4 is 10.5 Å². The van der Waals surface area contributed by atoms with Crippen molar-refractivity contribution in [3.63, 3.8) is 0 Å². The predicted octanol–water partition coefficient (Wildman–Crippen LogP) is 5.00. The fourth-order valence-corrected chi connectivity index (χ4v) is 3.62. The summed E-state index contributed by atoms with van der Waals surface area (Å²) in [6.07, 6.45) is 11.1. The number of unbranched alkanes of at least 4 members (excludes halogenated alkanes) is 5. The minimum Gasteiger partial charge on any atom is -0.493 e. The maximum atomic E-state index is 6.32. The van der Waals surface area contributed by atoms with Crippen molar-refractivity contribution >= 4 is 15.9 Å². The van der Waals surface area contributed by atoms with Gasteiger partial charge >= 0.3 is 0 Å². The first-order valence-corrected chi connectivity index (χ1v) is 9.19. The summed E-state index contributed by atoms with van der Waals surface area (Å²) >= 11 is 3.60. The van der Waals surface area contributed by atoms with Gasteiger partial charge in [-0.25, -0.2) is 0 Å². The number of ether oxygens (including phenoxy) is 1. The molecular formula is C18H28BrNO. The molecule has 2 nitrogen and oxygen atoms in total. The van der Waals surface area contributed by atoms with Gasteiger partial charge in [0.25, 0.3) is 0 Å². The molecule has 1 heterocycles. The van der Waals surface area contributed by atoms with Crippen molar-refractivity contribution in [2.24, 2.45) is 5.73 Å². The average molecular weight is 354 g/mol. The highest BCUT2D eigenvalue weighted by Gasteiger charge is 2.18. The number of benzene rings is 1. The smallest absolute Gasteiger partial charge is 0.125 e. The van der Waals surface area contributed by atoms with Gasteiger partial charge in [0.2, 0.25) is 0 Å². The van der Waals surface area contributed by atoms with Crippen molar-refractivity contribution in [3.8, 4) is 5.75 Å². The fraction of sp³-hybridized carbons (Fsp3) is 0.667. The van der Waals surface area contributed by atoms with Crippen LogP contribution >= 0.6 is 15.9 Å². The van der Waals surface area contributed by atoms with Crippen LogP contribution in [-0.4, -0.2) is 12.6 Å². The van der Waals surface area contributed by atoms with Crippen LogP contribution in [0.3, 0.4) is 0 Å². The Bertz CT molecular complexity index is 447. The third kappa shape index (κ3) is 5.30. The molecule has 0 fully saturated rings. The molecule has 1 aliphatic rings.